The first kappa shape index (κ1) is 12.7. The maximum Gasteiger partial charge on any atom is 0.260 e. The van der Waals surface area contributed by atoms with Gasteiger partial charge in [0.1, 0.15) is 12.0 Å². The smallest absolute Gasteiger partial charge is 0.260 e. The standard InChI is InChI=1S/C13H11N7O/c14-13(15)19-12(21)10-6-20(8-4-16-7-17-5-8)11-9(10)2-1-3-18-11/h1-7H,(H4,14,15,19,21). The molecule has 0 saturated carbocycles. The van der Waals surface area contributed by atoms with E-state index in [0.29, 0.717) is 22.3 Å². The van der Waals surface area contributed by atoms with Crippen molar-refractivity contribution < 1.29 is 4.79 Å². The number of hydrogen-bond donors (Lipinski definition) is 3. The molecule has 0 fully saturated rings. The molecular formula is C13H11N7O. The molecule has 0 spiro atoms. The molecule has 8 nitrogen and oxygen atoms in total. The van der Waals surface area contributed by atoms with Crippen molar-refractivity contribution in [3.8, 4) is 5.69 Å². The third kappa shape index (κ3) is 2.29. The Morgan fingerprint density at radius 3 is 2.81 bits per heavy atom. The number of nitrogens with two attached hydrogens (primary N) is 1. The zero-order chi connectivity index (χ0) is 14.8. The Kier molecular flexibility index (Phi) is 3.03. The van der Waals surface area contributed by atoms with Crippen LogP contribution in [0.4, 0.5) is 0 Å². The normalized spacial score (nSPS) is 10.5. The lowest BCUT2D eigenvalue weighted by molar-refractivity contribution is 0.0978. The number of pyridine rings is 1. The molecule has 3 rings (SSSR count). The minimum Gasteiger partial charge on any atom is -0.370 e. The van der Waals surface area contributed by atoms with Gasteiger partial charge in [0, 0.05) is 17.8 Å². The minimum atomic E-state index is -0.462. The quantitative estimate of drug-likeness (QED) is 0.464. The number of hydrogen-bond acceptors (Lipinski definition) is 5. The molecular weight excluding hydrogens is 270 g/mol. The topological polar surface area (TPSA) is 123 Å². The van der Waals surface area contributed by atoms with Gasteiger partial charge in [0.15, 0.2) is 5.96 Å². The van der Waals surface area contributed by atoms with E-state index in [2.05, 4.69) is 20.3 Å². The molecule has 0 atom stereocenters. The molecule has 0 bridgehead atoms. The van der Waals surface area contributed by atoms with Crippen molar-refractivity contribution in [1.82, 2.24) is 24.8 Å². The van der Waals surface area contributed by atoms with Crippen molar-refractivity contribution in [2.24, 2.45) is 5.73 Å². The van der Waals surface area contributed by atoms with Gasteiger partial charge in [0.25, 0.3) is 5.91 Å². The van der Waals surface area contributed by atoms with E-state index in [-0.39, 0.29) is 0 Å². The van der Waals surface area contributed by atoms with Crippen molar-refractivity contribution in [2.45, 2.75) is 0 Å². The molecule has 0 unspecified atom stereocenters. The molecule has 0 aliphatic rings. The van der Waals surface area contributed by atoms with Gasteiger partial charge >= 0.3 is 0 Å². The Morgan fingerprint density at radius 2 is 2.10 bits per heavy atom. The Bertz CT molecular complexity index is 825. The summed E-state index contributed by atoms with van der Waals surface area (Å²) in [4.78, 5) is 24.3. The highest BCUT2D eigenvalue weighted by Gasteiger charge is 2.17. The number of amides is 1. The maximum absolute atomic E-state index is 12.1. The molecule has 1 amide bonds. The van der Waals surface area contributed by atoms with Crippen molar-refractivity contribution >= 4 is 22.9 Å². The lowest BCUT2D eigenvalue weighted by atomic mass is 10.2. The van der Waals surface area contributed by atoms with E-state index in [4.69, 9.17) is 11.1 Å². The third-order valence-corrected chi connectivity index (χ3v) is 2.88. The second-order valence-corrected chi connectivity index (χ2v) is 4.25. The minimum absolute atomic E-state index is 0.372. The number of carbonyl (C=O) groups excluding carboxylic acids is 1. The molecule has 104 valence electrons. The van der Waals surface area contributed by atoms with Crippen LogP contribution >= 0.6 is 0 Å². The van der Waals surface area contributed by atoms with Crippen molar-refractivity contribution in [3.63, 3.8) is 0 Å². The first-order chi connectivity index (χ1) is 10.2. The third-order valence-electron chi connectivity index (χ3n) is 2.88. The number of carbonyl (C=O) groups is 1. The molecule has 0 aliphatic carbocycles. The van der Waals surface area contributed by atoms with Crippen LogP contribution < -0.4 is 11.1 Å². The number of nitrogens with zero attached hydrogens (tertiary/aromatic N) is 4. The highest BCUT2D eigenvalue weighted by Crippen LogP contribution is 2.22. The zero-order valence-electron chi connectivity index (χ0n) is 10.8. The van der Waals surface area contributed by atoms with Crippen LogP contribution in [0.3, 0.4) is 0 Å². The van der Waals surface area contributed by atoms with Crippen LogP contribution in [0.2, 0.25) is 0 Å². The van der Waals surface area contributed by atoms with E-state index >= 15 is 0 Å². The Morgan fingerprint density at radius 1 is 1.33 bits per heavy atom. The van der Waals surface area contributed by atoms with Crippen LogP contribution in [0, 0.1) is 5.41 Å². The average Bonchev–Trinajstić information content (AvgIpc) is 2.87. The molecule has 0 radical (unpaired) electrons. The highest BCUT2D eigenvalue weighted by atomic mass is 16.1. The van der Waals surface area contributed by atoms with Crippen LogP contribution in [-0.4, -0.2) is 31.4 Å². The van der Waals surface area contributed by atoms with Gasteiger partial charge in [-0.1, -0.05) is 0 Å². The summed E-state index contributed by atoms with van der Waals surface area (Å²) in [7, 11) is 0. The molecule has 8 heteroatoms. The molecule has 0 aromatic carbocycles. The fourth-order valence-electron chi connectivity index (χ4n) is 2.04. The van der Waals surface area contributed by atoms with Crippen LogP contribution in [0.25, 0.3) is 16.7 Å². The summed E-state index contributed by atoms with van der Waals surface area (Å²) in [6.07, 6.45) is 7.91. The van der Waals surface area contributed by atoms with Gasteiger partial charge in [-0.05, 0) is 12.1 Å². The lowest BCUT2D eigenvalue weighted by Gasteiger charge is -2.01. The largest absolute Gasteiger partial charge is 0.370 e. The van der Waals surface area contributed by atoms with E-state index in [1.165, 1.54) is 6.33 Å². The van der Waals surface area contributed by atoms with Gasteiger partial charge in [-0.2, -0.15) is 0 Å². The monoisotopic (exact) mass is 281 g/mol. The fourth-order valence-corrected chi connectivity index (χ4v) is 2.04. The van der Waals surface area contributed by atoms with Crippen molar-refractivity contribution in [1.29, 1.82) is 5.41 Å². The predicted octanol–water partition coefficient (Wildman–Crippen LogP) is 0.439. The van der Waals surface area contributed by atoms with Gasteiger partial charge in [-0.15, -0.1) is 0 Å². The molecule has 3 heterocycles. The molecule has 21 heavy (non-hydrogen) atoms. The van der Waals surface area contributed by atoms with E-state index in [1.54, 1.807) is 41.5 Å². The average molecular weight is 281 g/mol. The van der Waals surface area contributed by atoms with Gasteiger partial charge < -0.3 is 5.73 Å². The molecule has 0 aliphatic heterocycles. The first-order valence-corrected chi connectivity index (χ1v) is 6.03. The van der Waals surface area contributed by atoms with E-state index in [0.717, 1.165) is 0 Å². The number of nitrogens with one attached hydrogen (secondary N) is 2. The van der Waals surface area contributed by atoms with E-state index in [9.17, 15) is 4.79 Å². The molecule has 3 aromatic heterocycles. The Balaban J connectivity index is 2.19. The van der Waals surface area contributed by atoms with Crippen LogP contribution in [0.1, 0.15) is 10.4 Å². The van der Waals surface area contributed by atoms with Gasteiger partial charge in [-0.25, -0.2) is 15.0 Å². The first-order valence-electron chi connectivity index (χ1n) is 6.03. The lowest BCUT2D eigenvalue weighted by Crippen LogP contribution is -2.35. The van der Waals surface area contributed by atoms with E-state index < -0.39 is 11.9 Å². The zero-order valence-corrected chi connectivity index (χ0v) is 10.8. The second-order valence-electron chi connectivity index (χ2n) is 4.25. The Labute approximate surface area is 119 Å². The summed E-state index contributed by atoms with van der Waals surface area (Å²) >= 11 is 0. The van der Waals surface area contributed by atoms with Crippen molar-refractivity contribution in [2.75, 3.05) is 0 Å². The second kappa shape index (κ2) is 5.00. The highest BCUT2D eigenvalue weighted by molar-refractivity contribution is 6.11. The number of aromatic nitrogens is 4. The summed E-state index contributed by atoms with van der Waals surface area (Å²) in [5, 5.41) is 10.1. The number of rotatable bonds is 2. The number of fused-ring (bicyclic) bond motifs is 1. The van der Waals surface area contributed by atoms with Gasteiger partial charge in [0.05, 0.1) is 23.6 Å². The van der Waals surface area contributed by atoms with Crippen LogP contribution in [0.15, 0.2) is 43.2 Å². The summed E-state index contributed by atoms with van der Waals surface area (Å²) < 4.78 is 1.71. The van der Waals surface area contributed by atoms with Gasteiger partial charge in [-0.3, -0.25) is 20.1 Å². The maximum atomic E-state index is 12.1. The van der Waals surface area contributed by atoms with Crippen LogP contribution in [-0.2, 0) is 0 Å². The predicted molar refractivity (Wildman–Crippen MR) is 76.0 cm³/mol. The fraction of sp³-hybridized carbons (Fsp3) is 0. The summed E-state index contributed by atoms with van der Waals surface area (Å²) in [6, 6.07) is 3.51. The molecule has 0 saturated heterocycles. The summed E-state index contributed by atoms with van der Waals surface area (Å²) in [5.74, 6) is -0.871. The molecule has 3 aromatic rings. The number of guanidine groups is 1. The summed E-state index contributed by atoms with van der Waals surface area (Å²) in [6.45, 7) is 0. The summed E-state index contributed by atoms with van der Waals surface area (Å²) in [5.41, 5.74) is 6.86. The van der Waals surface area contributed by atoms with Crippen molar-refractivity contribution in [3.05, 3.63) is 48.8 Å². The van der Waals surface area contributed by atoms with E-state index in [1.807, 2.05) is 0 Å². The molecule has 4 N–H and O–H groups in total. The Hall–Kier alpha value is -3.29. The van der Waals surface area contributed by atoms with Gasteiger partial charge in [0.2, 0.25) is 0 Å². The SMILES string of the molecule is N=C(N)NC(=O)c1cn(-c2cncnc2)c2ncccc12. The van der Waals surface area contributed by atoms with Crippen LogP contribution in [0.5, 0.6) is 0 Å².